The normalized spacial score (nSPS) is 24.0. The lowest BCUT2D eigenvalue weighted by molar-refractivity contribution is -0.126. The molecule has 2 aliphatic rings. The van der Waals surface area contributed by atoms with Crippen molar-refractivity contribution < 1.29 is 14.6 Å². The predicted molar refractivity (Wildman–Crippen MR) is 92.4 cm³/mol. The van der Waals surface area contributed by atoms with Crippen LogP contribution in [0.25, 0.3) is 0 Å². The summed E-state index contributed by atoms with van der Waals surface area (Å²) in [7, 11) is 0. The number of nitrogens with zero attached hydrogens (tertiary/aromatic N) is 1. The van der Waals surface area contributed by atoms with Crippen LogP contribution in [0.1, 0.15) is 31.2 Å². The summed E-state index contributed by atoms with van der Waals surface area (Å²) < 4.78 is 5.32. The molecule has 5 heteroatoms. The molecule has 2 heterocycles. The molecule has 2 N–H and O–H groups in total. The Hall–Kier alpha value is -1.43. The summed E-state index contributed by atoms with van der Waals surface area (Å²) in [6, 6.07) is 10.2. The van der Waals surface area contributed by atoms with Crippen molar-refractivity contribution in [1.29, 1.82) is 0 Å². The van der Waals surface area contributed by atoms with Crippen molar-refractivity contribution in [2.45, 2.75) is 44.4 Å². The first-order valence-corrected chi connectivity index (χ1v) is 9.05. The maximum atomic E-state index is 12.5. The molecule has 2 atom stereocenters. The molecule has 2 aliphatic heterocycles. The molecule has 0 spiro atoms. The van der Waals surface area contributed by atoms with Crippen molar-refractivity contribution in [2.75, 3.05) is 26.3 Å². The van der Waals surface area contributed by atoms with Crippen LogP contribution in [0, 0.1) is 5.92 Å². The summed E-state index contributed by atoms with van der Waals surface area (Å²) in [6.45, 7) is 3.53. The summed E-state index contributed by atoms with van der Waals surface area (Å²) in [5.41, 5.74) is 1.24. The van der Waals surface area contributed by atoms with Crippen LogP contribution in [0.5, 0.6) is 0 Å². The minimum atomic E-state index is -0.471. The Labute approximate surface area is 144 Å². The van der Waals surface area contributed by atoms with Gasteiger partial charge in [-0.15, -0.1) is 0 Å². The van der Waals surface area contributed by atoms with Gasteiger partial charge in [0.2, 0.25) is 5.91 Å². The standard InChI is InChI=1S/C19H28N2O3/c22-18(16-8-11-24-12-9-16)13-20-19(23)17-7-4-10-21(17)14-15-5-2-1-3-6-15/h1-3,5-6,16-18,22H,4,7-14H2,(H,20,23)/t17-,18-/m1/s1. The quantitative estimate of drug-likeness (QED) is 0.830. The van der Waals surface area contributed by atoms with Gasteiger partial charge in [0, 0.05) is 26.3 Å². The zero-order chi connectivity index (χ0) is 16.8. The first kappa shape index (κ1) is 17.4. The monoisotopic (exact) mass is 332 g/mol. The molecule has 0 unspecified atom stereocenters. The number of nitrogens with one attached hydrogen (secondary N) is 1. The minimum absolute atomic E-state index is 0.0505. The molecule has 1 amide bonds. The molecule has 1 aromatic carbocycles. The Kier molecular flexibility index (Phi) is 6.24. The molecule has 0 radical (unpaired) electrons. The number of aliphatic hydroxyl groups excluding tert-OH is 1. The number of hydrogen-bond donors (Lipinski definition) is 2. The van der Waals surface area contributed by atoms with Gasteiger partial charge in [0.05, 0.1) is 12.1 Å². The van der Waals surface area contributed by atoms with Crippen LogP contribution in [0.2, 0.25) is 0 Å². The maximum absolute atomic E-state index is 12.5. The van der Waals surface area contributed by atoms with Crippen molar-refractivity contribution in [3.8, 4) is 0 Å². The zero-order valence-electron chi connectivity index (χ0n) is 14.2. The van der Waals surface area contributed by atoms with E-state index in [0.717, 1.165) is 38.8 Å². The molecule has 132 valence electrons. The Morgan fingerprint density at radius 2 is 2.00 bits per heavy atom. The second kappa shape index (κ2) is 8.60. The maximum Gasteiger partial charge on any atom is 0.237 e. The Bertz CT molecular complexity index is 517. The number of ether oxygens (including phenoxy) is 1. The van der Waals surface area contributed by atoms with Crippen LogP contribution < -0.4 is 5.32 Å². The number of benzene rings is 1. The third kappa shape index (κ3) is 4.56. The van der Waals surface area contributed by atoms with Crippen LogP contribution >= 0.6 is 0 Å². The van der Waals surface area contributed by atoms with Crippen molar-refractivity contribution in [3.63, 3.8) is 0 Å². The van der Waals surface area contributed by atoms with Crippen molar-refractivity contribution >= 4 is 5.91 Å². The SMILES string of the molecule is O=C(NC[C@@H](O)C1CCOCC1)[C@H]1CCCN1Cc1ccccc1. The molecule has 2 fully saturated rings. The predicted octanol–water partition coefficient (Wildman–Crippen LogP) is 1.55. The van der Waals surface area contributed by atoms with Gasteiger partial charge in [-0.1, -0.05) is 30.3 Å². The largest absolute Gasteiger partial charge is 0.391 e. The van der Waals surface area contributed by atoms with Gasteiger partial charge in [-0.3, -0.25) is 9.69 Å². The highest BCUT2D eigenvalue weighted by atomic mass is 16.5. The number of carbonyl (C=O) groups is 1. The summed E-state index contributed by atoms with van der Waals surface area (Å²) in [5, 5.41) is 13.2. The number of likely N-dealkylation sites (tertiary alicyclic amines) is 1. The topological polar surface area (TPSA) is 61.8 Å². The van der Waals surface area contributed by atoms with Gasteiger partial charge in [0.1, 0.15) is 0 Å². The number of carbonyl (C=O) groups excluding carboxylic acids is 1. The molecular formula is C19H28N2O3. The lowest BCUT2D eigenvalue weighted by Gasteiger charge is -2.28. The Morgan fingerprint density at radius 3 is 2.75 bits per heavy atom. The van der Waals surface area contributed by atoms with Gasteiger partial charge >= 0.3 is 0 Å². The molecular weight excluding hydrogens is 304 g/mol. The second-order valence-electron chi connectivity index (χ2n) is 6.88. The molecule has 0 saturated carbocycles. The number of aliphatic hydroxyl groups is 1. The molecule has 3 rings (SSSR count). The molecule has 2 saturated heterocycles. The molecule has 0 aromatic heterocycles. The number of amides is 1. The van der Waals surface area contributed by atoms with Gasteiger partial charge in [0.25, 0.3) is 0 Å². The van der Waals surface area contributed by atoms with Crippen LogP contribution in [-0.2, 0) is 16.1 Å². The average molecular weight is 332 g/mol. The van der Waals surface area contributed by atoms with Crippen LogP contribution in [0.15, 0.2) is 30.3 Å². The first-order valence-electron chi connectivity index (χ1n) is 9.05. The average Bonchev–Trinajstić information content (AvgIpc) is 3.09. The summed E-state index contributed by atoms with van der Waals surface area (Å²) in [4.78, 5) is 14.8. The Morgan fingerprint density at radius 1 is 1.25 bits per heavy atom. The van der Waals surface area contributed by atoms with Gasteiger partial charge < -0.3 is 15.2 Å². The van der Waals surface area contributed by atoms with Crippen LogP contribution in [-0.4, -0.2) is 54.4 Å². The second-order valence-corrected chi connectivity index (χ2v) is 6.88. The fraction of sp³-hybridized carbons (Fsp3) is 0.632. The molecule has 0 aliphatic carbocycles. The van der Waals surface area contributed by atoms with E-state index < -0.39 is 6.10 Å². The lowest BCUT2D eigenvalue weighted by Crippen LogP contribution is -2.46. The van der Waals surface area contributed by atoms with E-state index in [1.807, 2.05) is 18.2 Å². The molecule has 5 nitrogen and oxygen atoms in total. The molecule has 24 heavy (non-hydrogen) atoms. The summed E-state index contributed by atoms with van der Waals surface area (Å²) in [5.74, 6) is 0.289. The Balaban J connectivity index is 1.48. The highest BCUT2D eigenvalue weighted by molar-refractivity contribution is 5.82. The van der Waals surface area contributed by atoms with Gasteiger partial charge in [0.15, 0.2) is 0 Å². The lowest BCUT2D eigenvalue weighted by atomic mass is 9.94. The molecule has 0 bridgehead atoms. The number of rotatable bonds is 6. The van der Waals surface area contributed by atoms with E-state index in [0.29, 0.717) is 19.8 Å². The summed E-state index contributed by atoms with van der Waals surface area (Å²) >= 11 is 0. The summed E-state index contributed by atoms with van der Waals surface area (Å²) in [6.07, 6.45) is 3.22. The van der Waals surface area contributed by atoms with Gasteiger partial charge in [-0.05, 0) is 43.7 Å². The first-order chi connectivity index (χ1) is 11.7. The highest BCUT2D eigenvalue weighted by Crippen LogP contribution is 2.21. The fourth-order valence-electron chi connectivity index (χ4n) is 3.72. The van der Waals surface area contributed by atoms with Crippen LogP contribution in [0.4, 0.5) is 0 Å². The van der Waals surface area contributed by atoms with Gasteiger partial charge in [-0.2, -0.15) is 0 Å². The minimum Gasteiger partial charge on any atom is -0.391 e. The van der Waals surface area contributed by atoms with E-state index in [1.54, 1.807) is 0 Å². The van der Waals surface area contributed by atoms with E-state index in [4.69, 9.17) is 4.74 Å². The highest BCUT2D eigenvalue weighted by Gasteiger charge is 2.31. The smallest absolute Gasteiger partial charge is 0.237 e. The van der Waals surface area contributed by atoms with Gasteiger partial charge in [-0.25, -0.2) is 0 Å². The van der Waals surface area contributed by atoms with E-state index in [1.165, 1.54) is 5.56 Å². The van der Waals surface area contributed by atoms with E-state index in [-0.39, 0.29) is 17.9 Å². The number of hydrogen-bond acceptors (Lipinski definition) is 4. The van der Waals surface area contributed by atoms with Crippen molar-refractivity contribution in [1.82, 2.24) is 10.2 Å². The van der Waals surface area contributed by atoms with Crippen LogP contribution in [0.3, 0.4) is 0 Å². The third-order valence-electron chi connectivity index (χ3n) is 5.19. The third-order valence-corrected chi connectivity index (χ3v) is 5.19. The van der Waals surface area contributed by atoms with E-state index >= 15 is 0 Å². The van der Waals surface area contributed by atoms with Crippen molar-refractivity contribution in [3.05, 3.63) is 35.9 Å². The van der Waals surface area contributed by atoms with Crippen molar-refractivity contribution in [2.24, 2.45) is 5.92 Å². The molecule has 1 aromatic rings. The van der Waals surface area contributed by atoms with E-state index in [2.05, 4.69) is 22.3 Å². The fourth-order valence-corrected chi connectivity index (χ4v) is 3.72. The zero-order valence-corrected chi connectivity index (χ0v) is 14.2. The van der Waals surface area contributed by atoms with E-state index in [9.17, 15) is 9.90 Å².